The maximum Gasteiger partial charge on any atom is 0.338 e. The highest BCUT2D eigenvalue weighted by atomic mass is 16.5. The van der Waals surface area contributed by atoms with Gasteiger partial charge < -0.3 is 4.74 Å². The molecule has 0 fully saturated rings. The molecule has 1 aliphatic heterocycles. The van der Waals surface area contributed by atoms with Gasteiger partial charge >= 0.3 is 5.97 Å². The topological polar surface area (TPSA) is 68.1 Å². The van der Waals surface area contributed by atoms with Gasteiger partial charge in [0.1, 0.15) is 0 Å². The lowest BCUT2D eigenvalue weighted by atomic mass is 9.75. The van der Waals surface area contributed by atoms with Gasteiger partial charge in [0.05, 0.1) is 19.2 Å². The van der Waals surface area contributed by atoms with Crippen LogP contribution in [0, 0.1) is 20.8 Å². The van der Waals surface area contributed by atoms with Gasteiger partial charge in [-0.1, -0.05) is 30.3 Å². The first kappa shape index (κ1) is 17.6. The molecule has 0 amide bonds. The van der Waals surface area contributed by atoms with E-state index >= 15 is 0 Å². The summed E-state index contributed by atoms with van der Waals surface area (Å²) in [5.74, 6) is -0.645. The molecule has 0 saturated heterocycles. The maximum absolute atomic E-state index is 13.5. The molecule has 4 rings (SSSR count). The number of Topliss-reactive ketones (excluding diaryl/α,β-unsaturated/α-hetero) is 1. The van der Waals surface area contributed by atoms with Crippen LogP contribution in [0.4, 0.5) is 0 Å². The van der Waals surface area contributed by atoms with Crippen molar-refractivity contribution >= 4 is 11.8 Å². The summed E-state index contributed by atoms with van der Waals surface area (Å²) in [4.78, 5) is 26.0. The third-order valence-electron chi connectivity index (χ3n) is 6.06. The molecule has 1 heterocycles. The first-order chi connectivity index (χ1) is 12.9. The molecule has 0 bridgehead atoms. The molecule has 2 aliphatic rings. The van der Waals surface area contributed by atoms with Crippen molar-refractivity contribution in [3.05, 3.63) is 69.3 Å². The number of carbonyl (C=O) groups is 2. The second-order valence-corrected chi connectivity index (χ2v) is 7.48. The normalized spacial score (nSPS) is 23.1. The fourth-order valence-corrected chi connectivity index (χ4v) is 4.47. The van der Waals surface area contributed by atoms with E-state index in [-0.39, 0.29) is 17.7 Å². The van der Waals surface area contributed by atoms with Gasteiger partial charge in [-0.05, 0) is 48.6 Å². The Balaban J connectivity index is 1.87. The highest BCUT2D eigenvalue weighted by Crippen LogP contribution is 2.48. The molecular formula is C22H22N2O3. The number of rotatable bonds is 2. The number of hydrogen-bond acceptors (Lipinski definition) is 5. The molecular weight excluding hydrogens is 340 g/mol. The first-order valence-corrected chi connectivity index (χ1v) is 9.11. The summed E-state index contributed by atoms with van der Waals surface area (Å²) < 4.78 is 5.01. The number of nitrogens with zero attached hydrogens (tertiary/aromatic N) is 2. The minimum Gasteiger partial charge on any atom is -0.465 e. The summed E-state index contributed by atoms with van der Waals surface area (Å²) >= 11 is 0. The standard InChI is InChI=1S/C22H22N2O3/c1-12-8-9-15-10-22(20(25)19(15)14(12)3)17(11-23-24-22)16-7-5-6-13(2)18(16)21(26)27-4/h5-9,17H,10-11H2,1-4H3/t17-,22+/m1/s1. The maximum atomic E-state index is 13.5. The van der Waals surface area contributed by atoms with E-state index in [0.29, 0.717) is 18.5 Å². The number of benzene rings is 2. The van der Waals surface area contributed by atoms with Crippen molar-refractivity contribution in [2.45, 2.75) is 38.6 Å². The van der Waals surface area contributed by atoms with Gasteiger partial charge in [0, 0.05) is 17.9 Å². The van der Waals surface area contributed by atoms with Gasteiger partial charge in [0.2, 0.25) is 0 Å². The number of fused-ring (bicyclic) bond motifs is 1. The summed E-state index contributed by atoms with van der Waals surface area (Å²) in [6.45, 7) is 6.27. The molecule has 1 aliphatic carbocycles. The summed E-state index contributed by atoms with van der Waals surface area (Å²) in [5, 5.41) is 8.74. The van der Waals surface area contributed by atoms with Crippen LogP contribution in [-0.4, -0.2) is 30.9 Å². The van der Waals surface area contributed by atoms with Crippen LogP contribution in [-0.2, 0) is 11.2 Å². The lowest BCUT2D eigenvalue weighted by molar-refractivity contribution is 0.0596. The van der Waals surface area contributed by atoms with Crippen molar-refractivity contribution < 1.29 is 14.3 Å². The van der Waals surface area contributed by atoms with Crippen molar-refractivity contribution in [1.82, 2.24) is 0 Å². The average molecular weight is 362 g/mol. The zero-order valence-electron chi connectivity index (χ0n) is 16.0. The zero-order valence-corrected chi connectivity index (χ0v) is 16.0. The first-order valence-electron chi connectivity index (χ1n) is 9.11. The molecule has 2 atom stereocenters. The number of methoxy groups -OCH3 is 1. The van der Waals surface area contributed by atoms with Crippen LogP contribution in [0.15, 0.2) is 40.6 Å². The smallest absolute Gasteiger partial charge is 0.338 e. The average Bonchev–Trinajstić information content (AvgIpc) is 3.20. The monoisotopic (exact) mass is 362 g/mol. The number of esters is 1. The molecule has 0 aromatic heterocycles. The molecule has 5 heteroatoms. The second-order valence-electron chi connectivity index (χ2n) is 7.48. The molecule has 2 aromatic rings. The molecule has 2 aromatic carbocycles. The van der Waals surface area contributed by atoms with E-state index in [1.165, 1.54) is 7.11 Å². The second kappa shape index (κ2) is 6.12. The molecule has 27 heavy (non-hydrogen) atoms. The van der Waals surface area contributed by atoms with Crippen molar-refractivity contribution in [3.8, 4) is 0 Å². The summed E-state index contributed by atoms with van der Waals surface area (Å²) in [6.07, 6.45) is 0.519. The number of aryl methyl sites for hydroxylation is 2. The summed E-state index contributed by atoms with van der Waals surface area (Å²) in [6, 6.07) is 9.76. The number of ether oxygens (including phenoxy) is 1. The Hall–Kier alpha value is -2.82. The fraction of sp³-hybridized carbons (Fsp3) is 0.364. The Kier molecular flexibility index (Phi) is 3.98. The van der Waals surface area contributed by atoms with Gasteiger partial charge in [-0.25, -0.2) is 4.79 Å². The van der Waals surface area contributed by atoms with E-state index in [0.717, 1.165) is 33.4 Å². The van der Waals surface area contributed by atoms with Gasteiger partial charge in [-0.3, -0.25) is 4.79 Å². The van der Waals surface area contributed by atoms with Crippen LogP contribution in [0.5, 0.6) is 0 Å². The van der Waals surface area contributed by atoms with E-state index in [1.54, 1.807) is 0 Å². The number of azo groups is 1. The minimum atomic E-state index is -0.961. The van der Waals surface area contributed by atoms with E-state index in [4.69, 9.17) is 4.74 Å². The van der Waals surface area contributed by atoms with Crippen LogP contribution in [0.3, 0.4) is 0 Å². The lowest BCUT2D eigenvalue weighted by Crippen LogP contribution is -2.39. The third-order valence-corrected chi connectivity index (χ3v) is 6.06. The Morgan fingerprint density at radius 1 is 1.15 bits per heavy atom. The molecule has 0 N–H and O–H groups in total. The Morgan fingerprint density at radius 3 is 2.67 bits per heavy atom. The highest BCUT2D eigenvalue weighted by Gasteiger charge is 2.55. The van der Waals surface area contributed by atoms with Gasteiger partial charge in [-0.2, -0.15) is 10.2 Å². The predicted molar refractivity (Wildman–Crippen MR) is 102 cm³/mol. The van der Waals surface area contributed by atoms with E-state index < -0.39 is 5.54 Å². The van der Waals surface area contributed by atoms with Crippen molar-refractivity contribution in [3.63, 3.8) is 0 Å². The third kappa shape index (κ3) is 2.37. The van der Waals surface area contributed by atoms with E-state index in [1.807, 2.05) is 51.1 Å². The fourth-order valence-electron chi connectivity index (χ4n) is 4.47. The van der Waals surface area contributed by atoms with Crippen molar-refractivity contribution in [1.29, 1.82) is 0 Å². The van der Waals surface area contributed by atoms with E-state index in [2.05, 4.69) is 10.2 Å². The molecule has 1 spiro atoms. The minimum absolute atomic E-state index is 0.0160. The van der Waals surface area contributed by atoms with Gasteiger partial charge in [0.15, 0.2) is 11.3 Å². The summed E-state index contributed by atoms with van der Waals surface area (Å²) in [5.41, 5.74) is 5.07. The van der Waals surface area contributed by atoms with Crippen LogP contribution in [0.25, 0.3) is 0 Å². The highest BCUT2D eigenvalue weighted by molar-refractivity contribution is 6.10. The largest absolute Gasteiger partial charge is 0.465 e. The Morgan fingerprint density at radius 2 is 1.93 bits per heavy atom. The molecule has 138 valence electrons. The van der Waals surface area contributed by atoms with Crippen molar-refractivity contribution in [2.24, 2.45) is 10.2 Å². The molecule has 0 saturated carbocycles. The number of hydrogen-bond donors (Lipinski definition) is 0. The van der Waals surface area contributed by atoms with Crippen LogP contribution >= 0.6 is 0 Å². The SMILES string of the molecule is COC(=O)c1c(C)cccc1[C@H]1CN=N[C@@]12Cc1ccc(C)c(C)c1C2=O. The van der Waals surface area contributed by atoms with E-state index in [9.17, 15) is 9.59 Å². The van der Waals surface area contributed by atoms with Gasteiger partial charge in [0.25, 0.3) is 0 Å². The Bertz CT molecular complexity index is 1010. The van der Waals surface area contributed by atoms with Crippen LogP contribution < -0.4 is 0 Å². The molecule has 0 unspecified atom stereocenters. The van der Waals surface area contributed by atoms with Crippen molar-refractivity contribution in [2.75, 3.05) is 13.7 Å². The number of carbonyl (C=O) groups excluding carboxylic acids is 2. The number of ketones is 1. The predicted octanol–water partition coefficient (Wildman–Crippen LogP) is 4.13. The summed E-state index contributed by atoms with van der Waals surface area (Å²) in [7, 11) is 1.38. The van der Waals surface area contributed by atoms with Crippen LogP contribution in [0.1, 0.15) is 54.5 Å². The van der Waals surface area contributed by atoms with Crippen LogP contribution in [0.2, 0.25) is 0 Å². The Labute approximate surface area is 158 Å². The lowest BCUT2D eigenvalue weighted by Gasteiger charge is -2.27. The quantitative estimate of drug-likeness (QED) is 0.755. The van der Waals surface area contributed by atoms with Gasteiger partial charge in [-0.15, -0.1) is 0 Å². The zero-order chi connectivity index (χ0) is 19.3. The molecule has 5 nitrogen and oxygen atoms in total. The molecule has 0 radical (unpaired) electrons.